The Kier molecular flexibility index (Phi) is 8.75. The maximum atomic E-state index is 13.0. The molecule has 0 saturated carbocycles. The number of amides is 1. The summed E-state index contributed by atoms with van der Waals surface area (Å²) in [6.45, 7) is 8.26. The number of carbonyl (C=O) groups excluding carboxylic acids is 1. The molecule has 2 heterocycles. The van der Waals surface area contributed by atoms with Crippen LogP contribution in [-0.2, 0) is 0 Å². The first-order valence-electron chi connectivity index (χ1n) is 13.7. The van der Waals surface area contributed by atoms with E-state index >= 15 is 0 Å². The lowest BCUT2D eigenvalue weighted by Gasteiger charge is -2.20. The van der Waals surface area contributed by atoms with Crippen LogP contribution < -0.4 is 14.2 Å². The van der Waals surface area contributed by atoms with Crippen molar-refractivity contribution in [2.45, 2.75) is 58.9 Å². The van der Waals surface area contributed by atoms with Gasteiger partial charge in [-0.2, -0.15) is 0 Å². The Morgan fingerprint density at radius 1 is 0.872 bits per heavy atom. The van der Waals surface area contributed by atoms with Gasteiger partial charge in [0.2, 0.25) is 0 Å². The molecule has 0 bridgehead atoms. The highest BCUT2D eigenvalue weighted by Crippen LogP contribution is 2.34. The first-order valence-corrected chi connectivity index (χ1v) is 14.8. The molecule has 0 unspecified atom stereocenters. The number of benzene rings is 3. The number of carbonyl (C=O) groups is 1. The van der Waals surface area contributed by atoms with Crippen molar-refractivity contribution in [1.29, 1.82) is 0 Å². The molecular weight excluding hydrogens is 603 g/mol. The third-order valence-corrected chi connectivity index (χ3v) is 8.24. The summed E-state index contributed by atoms with van der Waals surface area (Å²) in [6.07, 6.45) is 6.82. The van der Waals surface area contributed by atoms with E-state index in [-0.39, 0.29) is 11.9 Å². The van der Waals surface area contributed by atoms with Crippen LogP contribution in [0.4, 0.5) is 5.69 Å². The summed E-state index contributed by atoms with van der Waals surface area (Å²) in [5.41, 5.74) is 4.83. The van der Waals surface area contributed by atoms with Crippen molar-refractivity contribution >= 4 is 40.4 Å². The number of aliphatic imine (C=N–C) groups is 1. The minimum atomic E-state index is 0.0813. The summed E-state index contributed by atoms with van der Waals surface area (Å²) in [5.74, 6) is 3.40. The molecule has 1 fully saturated rings. The van der Waals surface area contributed by atoms with Gasteiger partial charge in [-0.25, -0.2) is 0 Å². The largest absolute Gasteiger partial charge is 0.494 e. The minimum Gasteiger partial charge on any atom is -0.494 e. The van der Waals surface area contributed by atoms with Gasteiger partial charge >= 0.3 is 0 Å². The molecule has 1 saturated heterocycles. The molecular formula is C32H35IN2O4. The van der Waals surface area contributed by atoms with Gasteiger partial charge in [-0.15, -0.1) is 0 Å². The number of ether oxygens (including phenoxy) is 3. The normalized spacial score (nSPS) is 16.1. The minimum absolute atomic E-state index is 0.0813. The number of halogens is 1. The highest BCUT2D eigenvalue weighted by Gasteiger charge is 2.32. The summed E-state index contributed by atoms with van der Waals surface area (Å²) in [5, 5.41) is 0. The van der Waals surface area contributed by atoms with Gasteiger partial charge in [0.25, 0.3) is 5.91 Å². The van der Waals surface area contributed by atoms with Gasteiger partial charge in [0.05, 0.1) is 34.1 Å². The van der Waals surface area contributed by atoms with Gasteiger partial charge in [0, 0.05) is 18.8 Å². The summed E-state index contributed by atoms with van der Waals surface area (Å²) in [4.78, 5) is 19.5. The zero-order valence-electron chi connectivity index (χ0n) is 22.8. The van der Waals surface area contributed by atoms with Crippen LogP contribution in [0.5, 0.6) is 23.0 Å². The lowest BCUT2D eigenvalue weighted by atomic mass is 10.1. The summed E-state index contributed by atoms with van der Waals surface area (Å²) < 4.78 is 19.1. The van der Waals surface area contributed by atoms with Crippen LogP contribution in [-0.4, -0.2) is 42.8 Å². The lowest BCUT2D eigenvalue weighted by Crippen LogP contribution is -2.35. The molecule has 3 aromatic carbocycles. The second-order valence-electron chi connectivity index (χ2n) is 10.3. The van der Waals surface area contributed by atoms with E-state index in [2.05, 4.69) is 53.6 Å². The van der Waals surface area contributed by atoms with Gasteiger partial charge in [-0.3, -0.25) is 9.79 Å². The standard InChI is InChI=1S/C32H35IN2O4/c1-21-9-10-26(16-22(21)2)39-30-12-11-25(18-28(30)33)37-14-5-4-6-15-38-31-19-29-27(17-23(31)3)32(36)35-13-7-8-24(35)20-34-29/h9-12,16-20,24H,4-8,13-15H2,1-3H3/t24-/m0/s1. The van der Waals surface area contributed by atoms with Crippen LogP contribution in [0.2, 0.25) is 0 Å². The Morgan fingerprint density at radius 3 is 2.46 bits per heavy atom. The number of hydrogen-bond donors (Lipinski definition) is 0. The molecule has 3 aromatic rings. The van der Waals surface area contributed by atoms with Gasteiger partial charge in [0.15, 0.2) is 0 Å². The molecule has 0 N–H and O–H groups in total. The van der Waals surface area contributed by atoms with Crippen LogP contribution in [0.1, 0.15) is 59.2 Å². The fraction of sp³-hybridized carbons (Fsp3) is 0.375. The van der Waals surface area contributed by atoms with E-state index in [9.17, 15) is 4.79 Å². The molecule has 5 rings (SSSR count). The number of fused-ring (bicyclic) bond motifs is 2. The van der Waals surface area contributed by atoms with Crippen molar-refractivity contribution in [1.82, 2.24) is 4.90 Å². The fourth-order valence-electron chi connectivity index (χ4n) is 4.94. The molecule has 39 heavy (non-hydrogen) atoms. The molecule has 0 spiro atoms. The Morgan fingerprint density at radius 2 is 1.67 bits per heavy atom. The van der Waals surface area contributed by atoms with E-state index in [1.807, 2.05) is 54.4 Å². The Labute approximate surface area is 244 Å². The van der Waals surface area contributed by atoms with Crippen LogP contribution in [0, 0.1) is 24.3 Å². The molecule has 2 aliphatic heterocycles. The first-order chi connectivity index (χ1) is 18.9. The molecule has 0 aromatic heterocycles. The molecule has 1 amide bonds. The summed E-state index contributed by atoms with van der Waals surface area (Å²) >= 11 is 2.29. The average Bonchev–Trinajstić information content (AvgIpc) is 3.35. The number of unbranched alkanes of at least 4 members (excludes halogenated alkanes) is 2. The number of nitrogens with zero attached hydrogens (tertiary/aromatic N) is 2. The molecule has 0 radical (unpaired) electrons. The number of aryl methyl sites for hydroxylation is 3. The third kappa shape index (κ3) is 6.57. The number of rotatable bonds is 10. The topological polar surface area (TPSA) is 60.4 Å². The Bertz CT molecular complexity index is 1390. The zero-order chi connectivity index (χ0) is 27.4. The third-order valence-electron chi connectivity index (χ3n) is 7.39. The van der Waals surface area contributed by atoms with Crippen molar-refractivity contribution in [2.75, 3.05) is 19.8 Å². The first kappa shape index (κ1) is 27.5. The molecule has 6 nitrogen and oxygen atoms in total. The lowest BCUT2D eigenvalue weighted by molar-refractivity contribution is 0.0774. The van der Waals surface area contributed by atoms with E-state index in [0.717, 1.165) is 70.8 Å². The SMILES string of the molecule is Cc1ccc(Oc2ccc(OCCCCCOc3cc4c(cc3C)C(=O)N3CCC[C@H]3C=N4)cc2I)cc1C. The van der Waals surface area contributed by atoms with E-state index in [0.29, 0.717) is 24.5 Å². The summed E-state index contributed by atoms with van der Waals surface area (Å²) in [7, 11) is 0. The van der Waals surface area contributed by atoms with Crippen LogP contribution in [0.15, 0.2) is 53.5 Å². The van der Waals surface area contributed by atoms with Crippen molar-refractivity contribution in [3.05, 3.63) is 74.4 Å². The van der Waals surface area contributed by atoms with Gasteiger partial charge in [-0.1, -0.05) is 6.07 Å². The molecule has 7 heteroatoms. The smallest absolute Gasteiger partial charge is 0.256 e. The zero-order valence-corrected chi connectivity index (χ0v) is 25.0. The van der Waals surface area contributed by atoms with Crippen molar-refractivity contribution in [3.63, 3.8) is 0 Å². The van der Waals surface area contributed by atoms with E-state index in [1.54, 1.807) is 0 Å². The van der Waals surface area contributed by atoms with E-state index < -0.39 is 0 Å². The van der Waals surface area contributed by atoms with Crippen LogP contribution in [0.25, 0.3) is 0 Å². The Balaban J connectivity index is 1.05. The van der Waals surface area contributed by atoms with Gasteiger partial charge < -0.3 is 19.1 Å². The van der Waals surface area contributed by atoms with Gasteiger partial charge in [0.1, 0.15) is 23.0 Å². The number of hydrogen-bond acceptors (Lipinski definition) is 5. The Hall–Kier alpha value is -3.07. The monoisotopic (exact) mass is 638 g/mol. The van der Waals surface area contributed by atoms with Crippen molar-refractivity contribution in [2.24, 2.45) is 4.99 Å². The second-order valence-corrected chi connectivity index (χ2v) is 11.5. The average molecular weight is 639 g/mol. The van der Waals surface area contributed by atoms with E-state index in [1.165, 1.54) is 11.1 Å². The van der Waals surface area contributed by atoms with Crippen LogP contribution in [0.3, 0.4) is 0 Å². The highest BCUT2D eigenvalue weighted by molar-refractivity contribution is 14.1. The second kappa shape index (κ2) is 12.4. The maximum Gasteiger partial charge on any atom is 0.256 e. The molecule has 1 atom stereocenters. The summed E-state index contributed by atoms with van der Waals surface area (Å²) in [6, 6.07) is 16.0. The predicted octanol–water partition coefficient (Wildman–Crippen LogP) is 7.96. The van der Waals surface area contributed by atoms with Gasteiger partial charge in [-0.05, 0) is 129 Å². The molecule has 0 aliphatic carbocycles. The fourth-order valence-corrected chi connectivity index (χ4v) is 5.54. The van der Waals surface area contributed by atoms with Crippen molar-refractivity contribution < 1.29 is 19.0 Å². The van der Waals surface area contributed by atoms with Crippen molar-refractivity contribution in [3.8, 4) is 23.0 Å². The molecule has 2 aliphatic rings. The molecule has 204 valence electrons. The maximum absolute atomic E-state index is 13.0. The quantitative estimate of drug-likeness (QED) is 0.167. The highest BCUT2D eigenvalue weighted by atomic mass is 127. The predicted molar refractivity (Wildman–Crippen MR) is 163 cm³/mol. The van der Waals surface area contributed by atoms with E-state index in [4.69, 9.17) is 14.2 Å². The van der Waals surface area contributed by atoms with Crippen LogP contribution >= 0.6 is 22.6 Å².